The molecule has 0 radical (unpaired) electrons. The van der Waals surface area contributed by atoms with E-state index in [2.05, 4.69) is 11.9 Å². The number of benzene rings is 1. The minimum atomic E-state index is -0.763. The highest BCUT2D eigenvalue weighted by Gasteiger charge is 2.19. The van der Waals surface area contributed by atoms with Gasteiger partial charge >= 0.3 is 5.97 Å². The lowest BCUT2D eigenvalue weighted by Crippen LogP contribution is -2.11. The Bertz CT molecular complexity index is 551. The highest BCUT2D eigenvalue weighted by Crippen LogP contribution is 2.24. The van der Waals surface area contributed by atoms with Crippen molar-refractivity contribution in [1.29, 1.82) is 0 Å². The van der Waals surface area contributed by atoms with Crippen LogP contribution in [-0.4, -0.2) is 16.1 Å². The molecule has 1 aromatic heterocycles. The van der Waals surface area contributed by atoms with Gasteiger partial charge in [0.2, 0.25) is 0 Å². The Morgan fingerprint density at radius 1 is 1.39 bits per heavy atom. The molecule has 0 bridgehead atoms. The number of nitrogens with zero attached hydrogens (tertiary/aromatic N) is 1. The number of hydrogen-bond acceptors (Lipinski definition) is 2. The van der Waals surface area contributed by atoms with Crippen LogP contribution in [0.2, 0.25) is 0 Å². The van der Waals surface area contributed by atoms with Crippen molar-refractivity contribution >= 4 is 16.9 Å². The Kier molecular flexibility index (Phi) is 3.92. The zero-order valence-electron chi connectivity index (χ0n) is 10.5. The third-order valence-corrected chi connectivity index (χ3v) is 3.16. The second kappa shape index (κ2) is 5.63. The molecule has 0 amide bonds. The monoisotopic (exact) mass is 243 g/mol. The SMILES string of the molecule is CCCCC(C(=O)O)c1cnc2ccccc2c1. The van der Waals surface area contributed by atoms with Crippen molar-refractivity contribution in [3.8, 4) is 0 Å². The molecule has 0 aliphatic heterocycles. The van der Waals surface area contributed by atoms with Gasteiger partial charge in [-0.15, -0.1) is 0 Å². The van der Waals surface area contributed by atoms with Crippen LogP contribution in [0, 0.1) is 0 Å². The third-order valence-electron chi connectivity index (χ3n) is 3.16. The van der Waals surface area contributed by atoms with Crippen LogP contribution in [0.1, 0.15) is 37.7 Å². The van der Waals surface area contributed by atoms with E-state index < -0.39 is 11.9 Å². The number of hydrogen-bond donors (Lipinski definition) is 1. The van der Waals surface area contributed by atoms with Crippen LogP contribution in [0.5, 0.6) is 0 Å². The summed E-state index contributed by atoms with van der Waals surface area (Å²) in [6.07, 6.45) is 4.29. The largest absolute Gasteiger partial charge is 0.481 e. The molecule has 3 nitrogen and oxygen atoms in total. The van der Waals surface area contributed by atoms with E-state index in [4.69, 9.17) is 0 Å². The van der Waals surface area contributed by atoms with Gasteiger partial charge in [-0.3, -0.25) is 9.78 Å². The molecule has 1 unspecified atom stereocenters. The number of para-hydroxylation sites is 1. The summed E-state index contributed by atoms with van der Waals surface area (Å²) in [5, 5.41) is 10.3. The second-order valence-corrected chi connectivity index (χ2v) is 4.49. The Morgan fingerprint density at radius 3 is 2.89 bits per heavy atom. The van der Waals surface area contributed by atoms with Gasteiger partial charge in [0.25, 0.3) is 0 Å². The summed E-state index contributed by atoms with van der Waals surface area (Å²) in [5.41, 5.74) is 1.70. The van der Waals surface area contributed by atoms with Crippen molar-refractivity contribution in [2.45, 2.75) is 32.1 Å². The number of pyridine rings is 1. The van der Waals surface area contributed by atoms with Crippen LogP contribution in [0.25, 0.3) is 10.9 Å². The predicted octanol–water partition coefficient (Wildman–Crippen LogP) is 3.59. The van der Waals surface area contributed by atoms with Gasteiger partial charge in [0, 0.05) is 11.6 Å². The standard InChI is InChI=1S/C15H17NO2/c1-2-3-7-13(15(17)18)12-9-11-6-4-5-8-14(11)16-10-12/h4-6,8-10,13H,2-3,7H2,1H3,(H,17,18). The fraction of sp³-hybridized carbons (Fsp3) is 0.333. The number of unbranched alkanes of at least 4 members (excludes halogenated alkanes) is 1. The summed E-state index contributed by atoms with van der Waals surface area (Å²) in [7, 11) is 0. The summed E-state index contributed by atoms with van der Waals surface area (Å²) in [6, 6.07) is 9.71. The van der Waals surface area contributed by atoms with E-state index in [0.29, 0.717) is 6.42 Å². The maximum Gasteiger partial charge on any atom is 0.311 e. The third kappa shape index (κ3) is 2.67. The molecule has 2 aromatic rings. The molecule has 1 heterocycles. The predicted molar refractivity (Wildman–Crippen MR) is 71.6 cm³/mol. The lowest BCUT2D eigenvalue weighted by Gasteiger charge is -2.12. The van der Waals surface area contributed by atoms with E-state index in [-0.39, 0.29) is 0 Å². The van der Waals surface area contributed by atoms with Crippen LogP contribution < -0.4 is 0 Å². The molecule has 0 spiro atoms. The Morgan fingerprint density at radius 2 is 2.17 bits per heavy atom. The van der Waals surface area contributed by atoms with Crippen molar-refractivity contribution in [1.82, 2.24) is 4.98 Å². The summed E-state index contributed by atoms with van der Waals surface area (Å²) in [4.78, 5) is 15.6. The van der Waals surface area contributed by atoms with Crippen molar-refractivity contribution in [2.24, 2.45) is 0 Å². The van der Waals surface area contributed by atoms with Crippen LogP contribution in [0.4, 0.5) is 0 Å². The van der Waals surface area contributed by atoms with Gasteiger partial charge in [0.1, 0.15) is 0 Å². The number of carbonyl (C=O) groups is 1. The van der Waals surface area contributed by atoms with Gasteiger partial charge in [-0.1, -0.05) is 38.0 Å². The highest BCUT2D eigenvalue weighted by atomic mass is 16.4. The molecular weight excluding hydrogens is 226 g/mol. The first-order valence-corrected chi connectivity index (χ1v) is 6.30. The van der Waals surface area contributed by atoms with Gasteiger partial charge in [-0.25, -0.2) is 0 Å². The van der Waals surface area contributed by atoms with Crippen LogP contribution in [0.15, 0.2) is 36.5 Å². The molecule has 0 aliphatic carbocycles. The minimum absolute atomic E-state index is 0.443. The number of aliphatic carboxylic acids is 1. The molecule has 1 atom stereocenters. The zero-order valence-corrected chi connectivity index (χ0v) is 10.5. The van der Waals surface area contributed by atoms with Gasteiger partial charge in [0.05, 0.1) is 11.4 Å². The maximum atomic E-state index is 11.3. The Hall–Kier alpha value is -1.90. The number of fused-ring (bicyclic) bond motifs is 1. The van der Waals surface area contributed by atoms with Crippen molar-refractivity contribution in [3.63, 3.8) is 0 Å². The van der Waals surface area contributed by atoms with Crippen molar-refractivity contribution < 1.29 is 9.90 Å². The van der Waals surface area contributed by atoms with E-state index in [1.165, 1.54) is 0 Å². The summed E-state index contributed by atoms with van der Waals surface area (Å²) >= 11 is 0. The molecule has 0 saturated carbocycles. The number of carboxylic acids is 1. The lowest BCUT2D eigenvalue weighted by atomic mass is 9.94. The summed E-state index contributed by atoms with van der Waals surface area (Å²) in [6.45, 7) is 2.07. The summed E-state index contributed by atoms with van der Waals surface area (Å²) < 4.78 is 0. The molecule has 0 saturated heterocycles. The van der Waals surface area contributed by atoms with E-state index in [0.717, 1.165) is 29.3 Å². The normalized spacial score (nSPS) is 12.5. The van der Waals surface area contributed by atoms with E-state index in [9.17, 15) is 9.90 Å². The fourth-order valence-corrected chi connectivity index (χ4v) is 2.12. The summed E-state index contributed by atoms with van der Waals surface area (Å²) in [5.74, 6) is -1.21. The van der Waals surface area contributed by atoms with Crippen LogP contribution in [0.3, 0.4) is 0 Å². The van der Waals surface area contributed by atoms with Gasteiger partial charge in [-0.05, 0) is 24.1 Å². The molecule has 0 fully saturated rings. The first-order chi connectivity index (χ1) is 8.72. The zero-order chi connectivity index (χ0) is 13.0. The highest BCUT2D eigenvalue weighted by molar-refractivity contribution is 5.82. The quantitative estimate of drug-likeness (QED) is 0.873. The first-order valence-electron chi connectivity index (χ1n) is 6.30. The molecule has 0 aliphatic rings. The van der Waals surface area contributed by atoms with Gasteiger partial charge in [0.15, 0.2) is 0 Å². The molecule has 2 rings (SSSR count). The molecule has 1 aromatic carbocycles. The van der Waals surface area contributed by atoms with E-state index in [1.807, 2.05) is 30.3 Å². The molecular formula is C15H17NO2. The Labute approximate surface area is 106 Å². The van der Waals surface area contributed by atoms with Crippen LogP contribution in [-0.2, 0) is 4.79 Å². The van der Waals surface area contributed by atoms with E-state index in [1.54, 1.807) is 6.20 Å². The molecule has 1 N–H and O–H groups in total. The maximum absolute atomic E-state index is 11.3. The topological polar surface area (TPSA) is 50.2 Å². The van der Waals surface area contributed by atoms with Crippen LogP contribution >= 0.6 is 0 Å². The van der Waals surface area contributed by atoms with Gasteiger partial charge < -0.3 is 5.11 Å². The molecule has 3 heteroatoms. The minimum Gasteiger partial charge on any atom is -0.481 e. The van der Waals surface area contributed by atoms with Gasteiger partial charge in [-0.2, -0.15) is 0 Å². The molecule has 94 valence electrons. The van der Waals surface area contributed by atoms with E-state index >= 15 is 0 Å². The first kappa shape index (κ1) is 12.6. The Balaban J connectivity index is 2.35. The number of rotatable bonds is 5. The fourth-order valence-electron chi connectivity index (χ4n) is 2.12. The lowest BCUT2D eigenvalue weighted by molar-refractivity contribution is -0.139. The second-order valence-electron chi connectivity index (χ2n) is 4.49. The average molecular weight is 243 g/mol. The molecule has 18 heavy (non-hydrogen) atoms. The van der Waals surface area contributed by atoms with Crippen molar-refractivity contribution in [2.75, 3.05) is 0 Å². The number of carboxylic acid groups (broad SMARTS) is 1. The average Bonchev–Trinajstić information content (AvgIpc) is 2.38. The number of aromatic nitrogens is 1. The smallest absolute Gasteiger partial charge is 0.311 e. The van der Waals surface area contributed by atoms with Crippen molar-refractivity contribution in [3.05, 3.63) is 42.1 Å².